The molecule has 0 saturated carbocycles. The first-order valence-electron chi connectivity index (χ1n) is 6.23. The van der Waals surface area contributed by atoms with E-state index in [4.69, 9.17) is 9.84 Å². The molecular weight excluding hydrogens is 212 g/mol. The average Bonchev–Trinajstić information content (AvgIpc) is 2.29. The van der Waals surface area contributed by atoms with Gasteiger partial charge in [-0.15, -0.1) is 0 Å². The zero-order valence-corrected chi connectivity index (χ0v) is 10.6. The molecule has 0 saturated heterocycles. The zero-order valence-electron chi connectivity index (χ0n) is 10.6. The van der Waals surface area contributed by atoms with E-state index in [0.717, 1.165) is 30.6 Å². The van der Waals surface area contributed by atoms with Crippen LogP contribution < -0.4 is 4.74 Å². The summed E-state index contributed by atoms with van der Waals surface area (Å²) in [6.45, 7) is 4.39. The third-order valence-electron chi connectivity index (χ3n) is 2.99. The van der Waals surface area contributed by atoms with E-state index < -0.39 is 0 Å². The summed E-state index contributed by atoms with van der Waals surface area (Å²) in [5.74, 6) is 0.961. The van der Waals surface area contributed by atoms with Gasteiger partial charge in [0.05, 0.1) is 0 Å². The Hall–Kier alpha value is -1.28. The van der Waals surface area contributed by atoms with Crippen LogP contribution in [-0.2, 0) is 6.42 Å². The molecule has 1 aromatic rings. The van der Waals surface area contributed by atoms with Crippen LogP contribution in [0.2, 0.25) is 0 Å². The number of hydrogen-bond donors (Lipinski definition) is 1. The molecule has 17 heavy (non-hydrogen) atoms. The van der Waals surface area contributed by atoms with Gasteiger partial charge in [0, 0.05) is 12.2 Å². The average molecular weight is 232 g/mol. The number of aliphatic hydroxyl groups is 1. The van der Waals surface area contributed by atoms with Gasteiger partial charge in [-0.1, -0.05) is 12.1 Å². The van der Waals surface area contributed by atoms with E-state index in [0.29, 0.717) is 0 Å². The van der Waals surface area contributed by atoms with Gasteiger partial charge in [-0.25, -0.2) is 0 Å². The van der Waals surface area contributed by atoms with E-state index in [9.17, 15) is 0 Å². The first kappa shape index (κ1) is 12.2. The van der Waals surface area contributed by atoms with Crippen LogP contribution in [0.1, 0.15) is 37.8 Å². The first-order chi connectivity index (χ1) is 8.11. The van der Waals surface area contributed by atoms with E-state index in [2.05, 4.69) is 44.2 Å². The highest BCUT2D eigenvalue weighted by Crippen LogP contribution is 2.31. The molecule has 0 fully saturated rings. The van der Waals surface area contributed by atoms with Crippen LogP contribution in [0.15, 0.2) is 24.3 Å². The third-order valence-corrected chi connectivity index (χ3v) is 2.99. The highest BCUT2D eigenvalue weighted by molar-refractivity contribution is 5.61. The Labute approximate surface area is 103 Å². The Balaban J connectivity index is 2.10. The lowest BCUT2D eigenvalue weighted by Gasteiger charge is -2.28. The van der Waals surface area contributed by atoms with Crippen molar-refractivity contribution in [1.82, 2.24) is 0 Å². The summed E-state index contributed by atoms with van der Waals surface area (Å²) in [6, 6.07) is 6.35. The molecule has 0 unspecified atom stereocenters. The van der Waals surface area contributed by atoms with Gasteiger partial charge in [0.1, 0.15) is 11.4 Å². The summed E-state index contributed by atoms with van der Waals surface area (Å²) < 4.78 is 5.87. The van der Waals surface area contributed by atoms with Crippen molar-refractivity contribution in [1.29, 1.82) is 0 Å². The van der Waals surface area contributed by atoms with Gasteiger partial charge in [-0.2, -0.15) is 0 Å². The van der Waals surface area contributed by atoms with Gasteiger partial charge in [-0.05, 0) is 56.9 Å². The number of ether oxygens (including phenoxy) is 1. The molecule has 0 radical (unpaired) electrons. The van der Waals surface area contributed by atoms with Crippen molar-refractivity contribution in [3.8, 4) is 5.75 Å². The van der Waals surface area contributed by atoms with Crippen LogP contribution in [-0.4, -0.2) is 17.3 Å². The normalized spacial score (nSPS) is 16.4. The first-order valence-corrected chi connectivity index (χ1v) is 6.23. The molecule has 1 aliphatic heterocycles. The van der Waals surface area contributed by atoms with Crippen molar-refractivity contribution in [2.75, 3.05) is 6.61 Å². The molecule has 2 heteroatoms. The van der Waals surface area contributed by atoms with E-state index in [1.54, 1.807) is 0 Å². The molecule has 0 amide bonds. The maximum absolute atomic E-state index is 8.76. The Bertz CT molecular complexity index is 419. The number of rotatable bonds is 4. The quantitative estimate of drug-likeness (QED) is 0.808. The second-order valence-corrected chi connectivity index (χ2v) is 5.09. The second kappa shape index (κ2) is 4.92. The van der Waals surface area contributed by atoms with Gasteiger partial charge >= 0.3 is 0 Å². The summed E-state index contributed by atoms with van der Waals surface area (Å²) >= 11 is 0. The summed E-state index contributed by atoms with van der Waals surface area (Å²) in [6.07, 6.45) is 7.15. The molecule has 2 nitrogen and oxygen atoms in total. The van der Waals surface area contributed by atoms with Crippen LogP contribution in [0.4, 0.5) is 0 Å². The van der Waals surface area contributed by atoms with E-state index in [1.807, 2.05) is 0 Å². The van der Waals surface area contributed by atoms with Gasteiger partial charge in [0.25, 0.3) is 0 Å². The summed E-state index contributed by atoms with van der Waals surface area (Å²) in [5.41, 5.74) is 2.27. The molecule has 1 N–H and O–H groups in total. The van der Waals surface area contributed by atoms with E-state index in [-0.39, 0.29) is 12.2 Å². The van der Waals surface area contributed by atoms with Crippen molar-refractivity contribution in [3.05, 3.63) is 35.4 Å². The Kier molecular flexibility index (Phi) is 3.53. The fourth-order valence-corrected chi connectivity index (χ4v) is 2.03. The van der Waals surface area contributed by atoms with Gasteiger partial charge < -0.3 is 9.84 Å². The molecule has 2 rings (SSSR count). The van der Waals surface area contributed by atoms with Crippen LogP contribution in [0, 0.1) is 0 Å². The van der Waals surface area contributed by atoms with Crippen LogP contribution >= 0.6 is 0 Å². The number of benzene rings is 1. The SMILES string of the molecule is CC1(C)C=Cc2cc(CCCCO)ccc2O1. The number of unbranched alkanes of at least 4 members (excludes halogenated alkanes) is 1. The van der Waals surface area contributed by atoms with Crippen LogP contribution in [0.3, 0.4) is 0 Å². The smallest absolute Gasteiger partial charge is 0.127 e. The standard InChI is InChI=1S/C15H20O2/c1-15(2)9-8-13-11-12(5-3-4-10-16)6-7-14(13)17-15/h6-9,11,16H,3-5,10H2,1-2H3. The molecule has 0 atom stereocenters. The van der Waals surface area contributed by atoms with Gasteiger partial charge in [-0.3, -0.25) is 0 Å². The Morgan fingerprint density at radius 3 is 2.82 bits per heavy atom. The molecule has 0 aromatic heterocycles. The molecule has 0 bridgehead atoms. The highest BCUT2D eigenvalue weighted by Gasteiger charge is 2.21. The minimum absolute atomic E-state index is 0.203. The van der Waals surface area contributed by atoms with Crippen molar-refractivity contribution >= 4 is 6.08 Å². The van der Waals surface area contributed by atoms with Gasteiger partial charge in [0.15, 0.2) is 0 Å². The van der Waals surface area contributed by atoms with Crippen molar-refractivity contribution in [2.45, 2.75) is 38.7 Å². The van der Waals surface area contributed by atoms with Crippen LogP contribution in [0.5, 0.6) is 5.75 Å². The largest absolute Gasteiger partial charge is 0.483 e. The Morgan fingerprint density at radius 2 is 2.06 bits per heavy atom. The molecule has 92 valence electrons. The maximum Gasteiger partial charge on any atom is 0.127 e. The minimum Gasteiger partial charge on any atom is -0.483 e. The molecule has 1 aromatic carbocycles. The van der Waals surface area contributed by atoms with Crippen LogP contribution in [0.25, 0.3) is 6.08 Å². The predicted molar refractivity (Wildman–Crippen MR) is 70.2 cm³/mol. The predicted octanol–water partition coefficient (Wildman–Crippen LogP) is 3.19. The fraction of sp³-hybridized carbons (Fsp3) is 0.467. The molecule has 0 aliphatic carbocycles. The van der Waals surface area contributed by atoms with Crippen molar-refractivity contribution in [3.63, 3.8) is 0 Å². The van der Waals surface area contributed by atoms with Gasteiger partial charge in [0.2, 0.25) is 0 Å². The zero-order chi connectivity index (χ0) is 12.3. The number of fused-ring (bicyclic) bond motifs is 1. The molecule has 1 heterocycles. The van der Waals surface area contributed by atoms with Crippen molar-refractivity contribution in [2.24, 2.45) is 0 Å². The monoisotopic (exact) mass is 232 g/mol. The maximum atomic E-state index is 8.76. The summed E-state index contributed by atoms with van der Waals surface area (Å²) in [5, 5.41) is 8.76. The number of aryl methyl sites for hydroxylation is 1. The molecule has 0 spiro atoms. The highest BCUT2D eigenvalue weighted by atomic mass is 16.5. The minimum atomic E-state index is -0.203. The number of hydrogen-bond acceptors (Lipinski definition) is 2. The second-order valence-electron chi connectivity index (χ2n) is 5.09. The topological polar surface area (TPSA) is 29.5 Å². The van der Waals surface area contributed by atoms with E-state index in [1.165, 1.54) is 5.56 Å². The lowest BCUT2D eigenvalue weighted by Crippen LogP contribution is -2.27. The third kappa shape index (κ3) is 3.10. The van der Waals surface area contributed by atoms with Crippen molar-refractivity contribution < 1.29 is 9.84 Å². The Morgan fingerprint density at radius 1 is 1.24 bits per heavy atom. The fourth-order valence-electron chi connectivity index (χ4n) is 2.03. The lowest BCUT2D eigenvalue weighted by atomic mass is 9.99. The summed E-state index contributed by atoms with van der Waals surface area (Å²) in [4.78, 5) is 0. The van der Waals surface area contributed by atoms with E-state index >= 15 is 0 Å². The molecular formula is C15H20O2. The molecule has 1 aliphatic rings. The summed E-state index contributed by atoms with van der Waals surface area (Å²) in [7, 11) is 0. The lowest BCUT2D eigenvalue weighted by molar-refractivity contribution is 0.159. The number of aliphatic hydroxyl groups excluding tert-OH is 1.